The zero-order valence-corrected chi connectivity index (χ0v) is 74.5. The number of nitrogens with two attached hydrogens (primary N) is 1. The Morgan fingerprint density at radius 3 is 2.10 bits per heavy atom. The van der Waals surface area contributed by atoms with Crippen LogP contribution in [0.3, 0.4) is 0 Å². The number of carbonyl (C=O) groups excluding carboxylic acids is 3. The largest absolute Gasteiger partial charge is 0.508 e. The third kappa shape index (κ3) is 16.1. The molecule has 132 heavy (non-hydrogen) atoms. The van der Waals surface area contributed by atoms with Crippen molar-refractivity contribution in [3.05, 3.63) is 362 Å². The van der Waals surface area contributed by atoms with Crippen LogP contribution in [-0.2, 0) is 28.9 Å². The van der Waals surface area contributed by atoms with Gasteiger partial charge in [0.05, 0.1) is 35.3 Å². The lowest BCUT2D eigenvalue weighted by Gasteiger charge is -2.57. The van der Waals surface area contributed by atoms with Gasteiger partial charge in [0, 0.05) is 95.8 Å². The first-order valence-corrected chi connectivity index (χ1v) is 45.9. The minimum Gasteiger partial charge on any atom is -0.508 e. The third-order valence-corrected chi connectivity index (χ3v) is 28.5. The number of pyridine rings is 2. The number of H-pyrrole nitrogens is 1. The summed E-state index contributed by atoms with van der Waals surface area (Å²) in [6, 6.07) is 84.2. The quantitative estimate of drug-likeness (QED) is 0.0498. The number of ether oxygens (including phenoxy) is 2. The molecule has 0 radical (unpaired) electrons. The van der Waals surface area contributed by atoms with E-state index in [9.17, 15) is 33.9 Å². The number of hydrogen-bond donors (Lipinski definition) is 8. The van der Waals surface area contributed by atoms with E-state index >= 15 is 0 Å². The van der Waals surface area contributed by atoms with Crippen LogP contribution >= 0.6 is 11.8 Å². The van der Waals surface area contributed by atoms with Crippen LogP contribution in [0.1, 0.15) is 154 Å². The van der Waals surface area contributed by atoms with E-state index in [0.29, 0.717) is 33.7 Å². The van der Waals surface area contributed by atoms with Crippen molar-refractivity contribution < 1.29 is 33.4 Å². The third-order valence-electron chi connectivity index (χ3n) is 27.2. The summed E-state index contributed by atoms with van der Waals surface area (Å²) in [6.45, 7) is 9.62. The number of aromatic hydroxyl groups is 1. The molecule has 23 heteroatoms. The van der Waals surface area contributed by atoms with E-state index in [1.165, 1.54) is 119 Å². The van der Waals surface area contributed by atoms with Gasteiger partial charge in [-0.1, -0.05) is 183 Å². The van der Waals surface area contributed by atoms with Crippen LogP contribution in [0.15, 0.2) is 288 Å². The first-order chi connectivity index (χ1) is 64.3. The molecule has 8 heterocycles. The van der Waals surface area contributed by atoms with Crippen LogP contribution < -0.4 is 47.5 Å². The van der Waals surface area contributed by atoms with Gasteiger partial charge in [-0.3, -0.25) is 44.6 Å². The number of amides is 3. The molecule has 9 N–H and O–H groups in total. The van der Waals surface area contributed by atoms with Crippen LogP contribution in [0, 0.1) is 54.2 Å². The van der Waals surface area contributed by atoms with Gasteiger partial charge in [0.2, 0.25) is 16.7 Å². The predicted octanol–water partition coefficient (Wildman–Crippen LogP) is 22.0. The SMILES string of the molecule is CCc1ccc(C(=O)Nc2nc(NC(=O)c3ccc(F)cc3)nn2-c2ccccc2)cc1.CCc1ccc2c(c1)C1(NN=C(c3cccc4ccccc34)S1)C(=O)N2.COc1ccc(C2C(C#N)=C(N)Oc3c2ccc2ccccc32)cc1C.Cc1ccc2[nH]c3c(c2c1)CCCC3NCC12CC3CC(CC(C3)C1)C2.O=c1c2ccccc2c2nccc3c4cc(O)ccc4n1c32. The van der Waals surface area contributed by atoms with Gasteiger partial charge in [0.15, 0.2) is 0 Å². The fourth-order valence-electron chi connectivity index (χ4n) is 21.2. The number of nitrogens with one attached hydrogen (secondary N) is 6. The first kappa shape index (κ1) is 85.1. The minimum absolute atomic E-state index is 0.000177. The molecule has 3 amide bonds. The number of methoxy groups -OCH3 is 1. The summed E-state index contributed by atoms with van der Waals surface area (Å²) in [4.78, 5) is 62.7. The van der Waals surface area contributed by atoms with Gasteiger partial charge < -0.3 is 35.9 Å². The molecule has 0 saturated heterocycles. The Bertz CT molecular complexity index is 7550. The highest BCUT2D eigenvalue weighted by Crippen LogP contribution is 2.60. The second-order valence-electron chi connectivity index (χ2n) is 35.6. The van der Waals surface area contributed by atoms with Crippen molar-refractivity contribution >= 4 is 123 Å². The molecule has 5 aromatic heterocycles. The molecule has 17 aromatic rings. The molecule has 3 unspecified atom stereocenters. The molecule has 658 valence electrons. The second kappa shape index (κ2) is 35.5. The van der Waals surface area contributed by atoms with Gasteiger partial charge in [-0.15, -0.1) is 5.10 Å². The number of benzene rings is 12. The normalized spacial score (nSPS) is 19.3. The van der Waals surface area contributed by atoms with Crippen molar-refractivity contribution in [2.45, 2.75) is 115 Å². The van der Waals surface area contributed by atoms with E-state index in [0.717, 1.165) is 135 Å². The summed E-state index contributed by atoms with van der Waals surface area (Å²) in [5, 5.41) is 50.8. The Kier molecular flexibility index (Phi) is 22.9. The van der Waals surface area contributed by atoms with Gasteiger partial charge in [-0.25, -0.2) is 4.39 Å². The number of rotatable bonds is 13. The number of carbonyl (C=O) groups is 3. The number of fused-ring (bicyclic) bond motifs is 14. The summed E-state index contributed by atoms with van der Waals surface area (Å²) >= 11 is 1.49. The molecule has 12 aromatic carbocycles. The van der Waals surface area contributed by atoms with E-state index in [-0.39, 0.29) is 52.4 Å². The van der Waals surface area contributed by atoms with E-state index < -0.39 is 16.6 Å². The number of halogens is 1. The number of aromatic amines is 1. The number of phenolic OH excluding ortho intramolecular Hbond substituents is 1. The summed E-state index contributed by atoms with van der Waals surface area (Å²) in [5.41, 5.74) is 28.0. The van der Waals surface area contributed by atoms with Crippen molar-refractivity contribution in [2.24, 2.45) is 34.0 Å². The maximum atomic E-state index is 13.1. The molecular weight excluding hydrogens is 1670 g/mol. The monoisotopic (exact) mass is 1760 g/mol. The molecular formula is C109H97FN14O7S. The van der Waals surface area contributed by atoms with E-state index in [1.54, 1.807) is 85.0 Å². The van der Waals surface area contributed by atoms with E-state index in [1.807, 2.05) is 147 Å². The Morgan fingerprint density at radius 2 is 1.37 bits per heavy atom. The highest BCUT2D eigenvalue weighted by molar-refractivity contribution is 8.16. The minimum atomic E-state index is -0.882. The molecule has 5 aliphatic carbocycles. The van der Waals surface area contributed by atoms with Gasteiger partial charge in [0.25, 0.3) is 29.2 Å². The molecule has 4 saturated carbocycles. The summed E-state index contributed by atoms with van der Waals surface area (Å²) in [6.07, 6.45) is 16.6. The van der Waals surface area contributed by atoms with Gasteiger partial charge in [0.1, 0.15) is 39.8 Å². The highest BCUT2D eigenvalue weighted by Gasteiger charge is 2.53. The Labute approximate surface area is 765 Å². The lowest BCUT2D eigenvalue weighted by Crippen LogP contribution is -2.51. The average Bonchev–Trinajstić information content (AvgIpc) is 1.55. The molecule has 3 atom stereocenters. The van der Waals surface area contributed by atoms with Crippen molar-refractivity contribution in [2.75, 3.05) is 29.6 Å². The average molecular weight is 1770 g/mol. The van der Waals surface area contributed by atoms with E-state index in [2.05, 4.69) is 132 Å². The number of anilines is 3. The molecule has 1 spiro atoms. The Morgan fingerprint density at radius 1 is 0.689 bits per heavy atom. The fraction of sp³-hybridized carbons (Fsp3) is 0.220. The molecule has 21 nitrogen and oxygen atoms in total. The van der Waals surface area contributed by atoms with Crippen molar-refractivity contribution in [3.8, 4) is 29.0 Å². The molecule has 4 bridgehead atoms. The van der Waals surface area contributed by atoms with Crippen molar-refractivity contribution in [1.82, 2.24) is 39.9 Å². The number of nitriles is 1. The second-order valence-corrected chi connectivity index (χ2v) is 36.8. The van der Waals surface area contributed by atoms with E-state index in [4.69, 9.17) is 15.2 Å². The maximum Gasteiger partial charge on any atom is 0.267 e. The van der Waals surface area contributed by atoms with Crippen LogP contribution in [0.4, 0.5) is 22.0 Å². The van der Waals surface area contributed by atoms with Crippen LogP contribution in [0.5, 0.6) is 17.2 Å². The molecule has 25 rings (SSSR count). The van der Waals surface area contributed by atoms with Crippen molar-refractivity contribution in [3.63, 3.8) is 0 Å². The highest BCUT2D eigenvalue weighted by atomic mass is 32.2. The van der Waals surface area contributed by atoms with Crippen molar-refractivity contribution in [1.29, 1.82) is 5.26 Å². The van der Waals surface area contributed by atoms with Crippen LogP contribution in [-0.4, -0.2) is 70.7 Å². The molecule has 8 aliphatic rings. The smallest absolute Gasteiger partial charge is 0.267 e. The number of aromatic nitrogens is 6. The van der Waals surface area contributed by atoms with Gasteiger partial charge in [-0.2, -0.15) is 20.0 Å². The number of hydrogen-bond acceptors (Lipinski definition) is 16. The zero-order chi connectivity index (χ0) is 90.6. The zero-order valence-electron chi connectivity index (χ0n) is 73.7. The van der Waals surface area contributed by atoms with Crippen LogP contribution in [0.2, 0.25) is 0 Å². The maximum absolute atomic E-state index is 13.1. The standard InChI is InChI=1S/C24H20FN5O2.C24H32N2.C22H18N2O2.C21H17N3OS.C18H10N2O2/c1-2-16-8-10-17(11-9-16)22(32)27-24-28-23(29-30(24)20-6-4-3-5-7-20)26-21(31)18-12-14-19(25)15-13-18;1-15-5-6-21-20(7-15)19-3-2-4-22(23(19)26-21)25-14-24-11-16-8-17(12-24)10-18(9-16)13-24;1-13-11-15(8-10-19(13)25-2)20-17-9-7-14-5-3-4-6-16(14)21(17)26-22(24)18(20)12-23;1-2-13-10-11-18-17(12-13)21(20(25)22-18)24-23-19(26-21)16-9-5-7-14-6-3-4-8-15(14)16;21-10-5-6-15-14(9-10)12-7-8-19-16-11-3-1-2-4-13(11)18(22)20(15)17(12)16/h3-15H,2H2,1H3,(H2,26,27,28,29,31,32);5-7,16-18,22,25-26H,2-4,8-14H2,1H3;3-11,20H,24H2,1-2H3;3-12,24H,2H2,1H3,(H,22,25);1-9,21H. The summed E-state index contributed by atoms with van der Waals surface area (Å²) in [7, 11) is 1.65. The number of nitrogens with zero attached hydrogens (tertiary/aromatic N) is 7. The number of allylic oxidation sites excluding steroid dienone is 1. The fourth-order valence-corrected chi connectivity index (χ4v) is 22.4. The molecule has 3 aliphatic heterocycles. The summed E-state index contributed by atoms with van der Waals surface area (Å²) < 4.78 is 27.5. The Hall–Kier alpha value is -15.0. The number of aryl methyl sites for hydroxylation is 5. The topological polar surface area (TPSA) is 293 Å². The number of thioether (sulfide) groups is 1. The summed E-state index contributed by atoms with van der Waals surface area (Å²) in [5.74, 6) is 3.58. The Balaban J connectivity index is 0.000000103. The first-order valence-electron chi connectivity index (χ1n) is 45.1. The number of para-hydroxylation sites is 1. The lowest BCUT2D eigenvalue weighted by molar-refractivity contribution is -0.118. The number of hydrazone groups is 1. The van der Waals surface area contributed by atoms with Crippen LogP contribution in [0.25, 0.3) is 76.2 Å². The predicted molar refractivity (Wildman–Crippen MR) is 522 cm³/mol. The van der Waals surface area contributed by atoms with Gasteiger partial charge >= 0.3 is 0 Å². The lowest BCUT2D eigenvalue weighted by atomic mass is 9.49. The molecule has 4 fully saturated rings. The number of phenols is 1. The van der Waals surface area contributed by atoms with Gasteiger partial charge in [-0.05, 0) is 261 Å².